The Labute approximate surface area is 294 Å². The summed E-state index contributed by atoms with van der Waals surface area (Å²) in [6.07, 6.45) is -6.31. The second-order valence-electron chi connectivity index (χ2n) is 16.7. The summed E-state index contributed by atoms with van der Waals surface area (Å²) in [5.41, 5.74) is 1.73. The minimum Gasteiger partial charge on any atom is -0.459 e. The lowest BCUT2D eigenvalue weighted by Gasteiger charge is -2.67. The van der Waals surface area contributed by atoms with Crippen LogP contribution in [0.3, 0.4) is 0 Å². The van der Waals surface area contributed by atoms with Crippen LogP contribution in [0.2, 0.25) is 0 Å². The third-order valence-electron chi connectivity index (χ3n) is 14.7. The molecule has 1 amide bonds. The second kappa shape index (κ2) is 11.7. The number of esters is 2. The number of ketones is 1. The first-order chi connectivity index (χ1) is 23.8. The lowest BCUT2D eigenvalue weighted by atomic mass is 9.39. The number of nitrogens with one attached hydrogen (secondary N) is 1. The molecule has 16 nitrogen and oxygen atoms in total. The molecule has 0 aromatic heterocycles. The van der Waals surface area contributed by atoms with E-state index in [1.54, 1.807) is 26.8 Å². The average molecular weight is 717 g/mol. The average Bonchev–Trinajstić information content (AvgIpc) is 3.74. The van der Waals surface area contributed by atoms with Crippen LogP contribution in [-0.2, 0) is 33.4 Å². The van der Waals surface area contributed by atoms with Crippen molar-refractivity contribution in [1.82, 2.24) is 5.32 Å². The Balaban J connectivity index is 1.43. The molecule has 2 saturated heterocycles. The van der Waals surface area contributed by atoms with Crippen molar-refractivity contribution in [2.45, 2.75) is 115 Å². The highest BCUT2D eigenvalue weighted by atomic mass is 16.6. The molecule has 16 heteroatoms. The van der Waals surface area contributed by atoms with Gasteiger partial charge >= 0.3 is 11.9 Å². The highest BCUT2D eigenvalue weighted by molar-refractivity contribution is 5.88. The molecule has 7 rings (SSSR count). The van der Waals surface area contributed by atoms with Crippen molar-refractivity contribution < 1.29 is 58.9 Å². The van der Waals surface area contributed by atoms with Crippen molar-refractivity contribution in [1.29, 1.82) is 0 Å². The normalized spacial score (nSPS) is 53.0. The van der Waals surface area contributed by atoms with Gasteiger partial charge in [0.1, 0.15) is 29.9 Å². The molecule has 51 heavy (non-hydrogen) atoms. The number of amides is 1. The highest BCUT2D eigenvalue weighted by Gasteiger charge is 2.84. The number of Topliss-reactive ketones (excluding diaryl/α,β-unsaturated/α-hetero) is 1. The largest absolute Gasteiger partial charge is 0.459 e. The Bertz CT molecular complexity index is 1630. The molecule has 4 saturated carbocycles. The van der Waals surface area contributed by atoms with Crippen molar-refractivity contribution in [3.05, 3.63) is 22.3 Å². The number of aliphatic hydroxyl groups excluding tert-OH is 4. The fraction of sp³-hybridized carbons (Fsp3) is 0.829. The van der Waals surface area contributed by atoms with Gasteiger partial charge in [0.25, 0.3) is 0 Å². The summed E-state index contributed by atoms with van der Waals surface area (Å²) < 4.78 is 17.4. The molecule has 2 heterocycles. The molecule has 2 unspecified atom stereocenters. The van der Waals surface area contributed by atoms with Gasteiger partial charge in [-0.15, -0.1) is 0 Å². The molecule has 2 aliphatic heterocycles. The van der Waals surface area contributed by atoms with Gasteiger partial charge in [0.05, 0.1) is 41.3 Å². The third kappa shape index (κ3) is 4.44. The zero-order valence-corrected chi connectivity index (χ0v) is 29.5. The van der Waals surface area contributed by atoms with Crippen molar-refractivity contribution in [2.24, 2.45) is 62.8 Å². The molecular weight excluding hydrogens is 668 g/mol. The summed E-state index contributed by atoms with van der Waals surface area (Å²) >= 11 is 0. The van der Waals surface area contributed by atoms with Crippen LogP contribution in [0.15, 0.2) is 16.9 Å². The number of hydrogen-bond donors (Lipinski definition) is 6. The van der Waals surface area contributed by atoms with E-state index < -0.39 is 130 Å². The Morgan fingerprint density at radius 3 is 2.37 bits per heavy atom. The zero-order valence-electron chi connectivity index (χ0n) is 29.5. The number of carbonyl (C=O) groups excluding carboxylic acids is 4. The summed E-state index contributed by atoms with van der Waals surface area (Å²) in [4.78, 5) is 56.6. The van der Waals surface area contributed by atoms with Gasteiger partial charge in [0.15, 0.2) is 5.60 Å². The number of nitrogens with zero attached hydrogens (tertiary/aromatic N) is 3. The third-order valence-corrected chi connectivity index (χ3v) is 14.7. The number of fused-ring (bicyclic) bond motifs is 10. The number of epoxide rings is 1. The Hall–Kier alpha value is -3.11. The quantitative estimate of drug-likeness (QED) is 0.0518. The number of rotatable bonds is 7. The summed E-state index contributed by atoms with van der Waals surface area (Å²) in [5.74, 6) is -9.39. The van der Waals surface area contributed by atoms with E-state index in [1.165, 1.54) is 13.8 Å². The minimum atomic E-state index is -2.15. The number of azide groups is 1. The van der Waals surface area contributed by atoms with Crippen molar-refractivity contribution in [2.75, 3.05) is 6.54 Å². The van der Waals surface area contributed by atoms with Gasteiger partial charge in [0.2, 0.25) is 5.91 Å². The highest BCUT2D eigenvalue weighted by Crippen LogP contribution is 2.75. The van der Waals surface area contributed by atoms with Gasteiger partial charge in [-0.3, -0.25) is 14.4 Å². The fourth-order valence-electron chi connectivity index (χ4n) is 12.5. The summed E-state index contributed by atoms with van der Waals surface area (Å²) in [6.45, 7) is 8.89. The minimum absolute atomic E-state index is 0.0410. The van der Waals surface area contributed by atoms with Crippen molar-refractivity contribution in [3.8, 4) is 0 Å². The molecule has 5 aliphatic carbocycles. The SMILES string of the molecule is CC(=O)O[C@H]1[C@H]2[C@@H]([C@@H](O)[C@@H](NC(=O)CCCN=[N+]=[N-])C3C[C@@H]4O[C@@H]4[C@H](O)[C@@]32C)[C@@H]2[C@@H](O)C3[C@H]([C@H](C)C=C4OC(=O)[C@@](C)(O)[C@@]43C)[C@@]2(C(C)=O)[C@H]1O. The molecule has 0 aromatic carbocycles. The standard InChI is InChI=1S/C35H48N4O12/c1-12-10-17-33(5,34(6,48)31(47)51-17)23-20(12)35(13(2)40)21(26(23)44)19-22(28(30(35)46)49-14(3)41)32(4)15(11-16-27(50-16)29(32)45)24(25(19)43)38-18(42)8-7-9-37-39-36/h10,12,15-16,19-30,43-46,48H,7-9,11H2,1-6H3,(H,38,42)/t12-,15?,16+,19+,20+,21-,22-,23?,24+,25-,26-,27+,28+,29+,30+,32+,33+,34-,35-/m1/s1. The predicted octanol–water partition coefficient (Wildman–Crippen LogP) is 0.276. The van der Waals surface area contributed by atoms with E-state index in [0.29, 0.717) is 6.42 Å². The summed E-state index contributed by atoms with van der Waals surface area (Å²) in [7, 11) is 0. The molecule has 0 radical (unpaired) electrons. The van der Waals surface area contributed by atoms with Crippen molar-refractivity contribution in [3.63, 3.8) is 0 Å². The van der Waals surface area contributed by atoms with E-state index in [-0.39, 0.29) is 31.2 Å². The molecule has 0 aromatic rings. The zero-order chi connectivity index (χ0) is 37.3. The summed E-state index contributed by atoms with van der Waals surface area (Å²) in [6, 6.07) is -1.04. The molecule has 280 valence electrons. The molecule has 6 N–H and O–H groups in total. The maximum atomic E-state index is 14.5. The van der Waals surface area contributed by atoms with Crippen LogP contribution in [0.4, 0.5) is 0 Å². The molecule has 0 bridgehead atoms. The second-order valence-corrected chi connectivity index (χ2v) is 16.7. The van der Waals surface area contributed by atoms with Crippen LogP contribution < -0.4 is 5.32 Å². The number of hydrogen-bond acceptors (Lipinski definition) is 13. The fourth-order valence-corrected chi connectivity index (χ4v) is 12.5. The number of carbonyl (C=O) groups is 4. The van der Waals surface area contributed by atoms with E-state index in [9.17, 15) is 44.7 Å². The molecule has 6 fully saturated rings. The van der Waals surface area contributed by atoms with Gasteiger partial charge in [0, 0.05) is 53.9 Å². The Morgan fingerprint density at radius 1 is 1.06 bits per heavy atom. The van der Waals surface area contributed by atoms with Gasteiger partial charge in [-0.25, -0.2) is 4.79 Å². The number of allylic oxidation sites excluding steroid dienone is 1. The van der Waals surface area contributed by atoms with Crippen LogP contribution in [0, 0.1) is 57.7 Å². The Morgan fingerprint density at radius 2 is 1.75 bits per heavy atom. The van der Waals surface area contributed by atoms with Gasteiger partial charge in [-0.05, 0) is 63.0 Å². The van der Waals surface area contributed by atoms with E-state index in [1.807, 2.05) is 0 Å². The first-order valence-corrected chi connectivity index (χ1v) is 17.9. The lowest BCUT2D eigenvalue weighted by molar-refractivity contribution is -0.278. The van der Waals surface area contributed by atoms with Gasteiger partial charge in [-0.1, -0.05) is 19.0 Å². The lowest BCUT2D eigenvalue weighted by Crippen LogP contribution is -2.77. The number of aliphatic hydroxyl groups is 5. The van der Waals surface area contributed by atoms with Crippen LogP contribution in [0.5, 0.6) is 0 Å². The van der Waals surface area contributed by atoms with E-state index in [2.05, 4.69) is 15.3 Å². The Kier molecular flexibility index (Phi) is 8.31. The topological polar surface area (TPSA) is 261 Å². The van der Waals surface area contributed by atoms with Gasteiger partial charge < -0.3 is 45.1 Å². The molecule has 0 spiro atoms. The van der Waals surface area contributed by atoms with Crippen LogP contribution in [0.1, 0.15) is 60.8 Å². The van der Waals surface area contributed by atoms with Crippen LogP contribution >= 0.6 is 0 Å². The van der Waals surface area contributed by atoms with E-state index in [0.717, 1.165) is 6.92 Å². The van der Waals surface area contributed by atoms with E-state index >= 15 is 0 Å². The maximum Gasteiger partial charge on any atom is 0.343 e. The van der Waals surface area contributed by atoms with Crippen molar-refractivity contribution >= 4 is 23.6 Å². The molecular formula is C35H48N4O12. The monoisotopic (exact) mass is 716 g/mol. The molecule has 19 atom stereocenters. The first-order valence-electron chi connectivity index (χ1n) is 17.9. The maximum absolute atomic E-state index is 14.5. The smallest absolute Gasteiger partial charge is 0.343 e. The van der Waals surface area contributed by atoms with E-state index in [4.69, 9.17) is 19.7 Å². The first kappa shape index (κ1) is 36.3. The van der Waals surface area contributed by atoms with Crippen LogP contribution in [0.25, 0.3) is 10.4 Å². The van der Waals surface area contributed by atoms with Crippen LogP contribution in [-0.4, -0.2) is 110 Å². The predicted molar refractivity (Wildman–Crippen MR) is 172 cm³/mol. The van der Waals surface area contributed by atoms with Gasteiger partial charge in [-0.2, -0.15) is 0 Å². The number of ether oxygens (including phenoxy) is 3. The molecule has 7 aliphatic rings. The summed E-state index contributed by atoms with van der Waals surface area (Å²) in [5, 5.41) is 68.4.